The quantitative estimate of drug-likeness (QED) is 0.653. The lowest BCUT2D eigenvalue weighted by Gasteiger charge is -2.25. The summed E-state index contributed by atoms with van der Waals surface area (Å²) in [6.45, 7) is 2.90. The van der Waals surface area contributed by atoms with Gasteiger partial charge in [-0.15, -0.1) is 0 Å². The van der Waals surface area contributed by atoms with Crippen LogP contribution in [0.1, 0.15) is 30.6 Å². The van der Waals surface area contributed by atoms with Crippen molar-refractivity contribution in [1.29, 1.82) is 0 Å². The van der Waals surface area contributed by atoms with E-state index in [2.05, 4.69) is 25.7 Å². The number of nitrogens with one attached hydrogen (secondary N) is 2. The Morgan fingerprint density at radius 3 is 3.00 bits per heavy atom. The van der Waals surface area contributed by atoms with Crippen molar-refractivity contribution < 1.29 is 8.78 Å². The molecule has 3 rings (SSSR count). The predicted molar refractivity (Wildman–Crippen MR) is 91.2 cm³/mol. The Labute approximate surface area is 145 Å². The second-order valence-electron chi connectivity index (χ2n) is 6.02. The lowest BCUT2D eigenvalue weighted by molar-refractivity contribution is 0.392. The Balaban J connectivity index is 1.58. The van der Waals surface area contributed by atoms with Gasteiger partial charge in [-0.1, -0.05) is 6.92 Å². The molecule has 25 heavy (non-hydrogen) atoms. The number of nitrogens with zero attached hydrogens (tertiary/aromatic N) is 4. The van der Waals surface area contributed by atoms with Gasteiger partial charge >= 0.3 is 0 Å². The summed E-state index contributed by atoms with van der Waals surface area (Å²) in [6.07, 6.45) is 2.58. The highest BCUT2D eigenvalue weighted by molar-refractivity contribution is 5.79. The van der Waals surface area contributed by atoms with Crippen LogP contribution in [0.5, 0.6) is 0 Å². The molecular formula is C17H22F2N6. The second kappa shape index (κ2) is 7.58. The van der Waals surface area contributed by atoms with Crippen molar-refractivity contribution in [2.24, 2.45) is 4.99 Å². The molecule has 1 aromatic heterocycles. The molecule has 2 N–H and O–H groups in total. The molecule has 0 fully saturated rings. The van der Waals surface area contributed by atoms with Crippen molar-refractivity contribution in [3.63, 3.8) is 0 Å². The van der Waals surface area contributed by atoms with Crippen molar-refractivity contribution in [2.75, 3.05) is 7.05 Å². The predicted octanol–water partition coefficient (Wildman–Crippen LogP) is 1.80. The SMILES string of the molecule is CCc1nc2n(n1)CC(NC(=NC)NCc1cc(F)ccc1F)CC2. The number of hydrogen-bond donors (Lipinski definition) is 2. The first-order valence-electron chi connectivity index (χ1n) is 8.42. The molecule has 2 aromatic rings. The van der Waals surface area contributed by atoms with Crippen LogP contribution >= 0.6 is 0 Å². The first-order valence-corrected chi connectivity index (χ1v) is 8.42. The van der Waals surface area contributed by atoms with E-state index in [9.17, 15) is 8.78 Å². The summed E-state index contributed by atoms with van der Waals surface area (Å²) in [7, 11) is 1.65. The Morgan fingerprint density at radius 2 is 2.24 bits per heavy atom. The molecule has 1 aliphatic heterocycles. The molecule has 1 aromatic carbocycles. The van der Waals surface area contributed by atoms with Crippen LogP contribution in [0.3, 0.4) is 0 Å². The molecule has 1 unspecified atom stereocenters. The summed E-state index contributed by atoms with van der Waals surface area (Å²) in [6, 6.07) is 3.57. The van der Waals surface area contributed by atoms with E-state index in [1.165, 1.54) is 6.07 Å². The van der Waals surface area contributed by atoms with E-state index in [0.29, 0.717) is 12.5 Å². The van der Waals surface area contributed by atoms with Crippen LogP contribution in [0.25, 0.3) is 0 Å². The Kier molecular flexibility index (Phi) is 5.25. The second-order valence-corrected chi connectivity index (χ2v) is 6.02. The molecular weight excluding hydrogens is 326 g/mol. The summed E-state index contributed by atoms with van der Waals surface area (Å²) in [5.41, 5.74) is 0.262. The molecule has 0 bridgehead atoms. The minimum atomic E-state index is -0.459. The van der Waals surface area contributed by atoms with Gasteiger partial charge in [-0.2, -0.15) is 5.10 Å². The maximum absolute atomic E-state index is 13.7. The average Bonchev–Trinajstić information content (AvgIpc) is 3.03. The Bertz CT molecular complexity index is 770. The van der Waals surface area contributed by atoms with Crippen molar-refractivity contribution in [3.8, 4) is 0 Å². The van der Waals surface area contributed by atoms with Crippen molar-refractivity contribution in [3.05, 3.63) is 47.0 Å². The monoisotopic (exact) mass is 348 g/mol. The zero-order chi connectivity index (χ0) is 17.8. The molecule has 0 saturated carbocycles. The smallest absolute Gasteiger partial charge is 0.191 e. The first kappa shape index (κ1) is 17.3. The summed E-state index contributed by atoms with van der Waals surface area (Å²) in [5, 5.41) is 10.8. The highest BCUT2D eigenvalue weighted by atomic mass is 19.1. The third kappa shape index (κ3) is 4.12. The lowest BCUT2D eigenvalue weighted by Crippen LogP contribution is -2.46. The van der Waals surface area contributed by atoms with E-state index < -0.39 is 11.6 Å². The number of rotatable bonds is 4. The summed E-state index contributed by atoms with van der Waals surface area (Å²) < 4.78 is 28.9. The maximum Gasteiger partial charge on any atom is 0.191 e. The highest BCUT2D eigenvalue weighted by Crippen LogP contribution is 2.13. The van der Waals surface area contributed by atoms with Gasteiger partial charge in [-0.3, -0.25) is 4.99 Å². The Morgan fingerprint density at radius 1 is 1.40 bits per heavy atom. The van der Waals surface area contributed by atoms with Gasteiger partial charge in [0.05, 0.1) is 6.54 Å². The van der Waals surface area contributed by atoms with Gasteiger partial charge in [0.25, 0.3) is 0 Å². The average molecular weight is 348 g/mol. The van der Waals surface area contributed by atoms with Crippen LogP contribution in [0, 0.1) is 11.6 Å². The number of aryl methyl sites for hydroxylation is 2. The van der Waals surface area contributed by atoms with E-state index in [0.717, 1.165) is 43.0 Å². The van der Waals surface area contributed by atoms with Crippen molar-refractivity contribution in [1.82, 2.24) is 25.4 Å². The van der Waals surface area contributed by atoms with Crippen LogP contribution in [0.2, 0.25) is 0 Å². The topological polar surface area (TPSA) is 67.1 Å². The van der Waals surface area contributed by atoms with E-state index in [1.54, 1.807) is 7.05 Å². The van der Waals surface area contributed by atoms with Crippen LogP contribution in [-0.2, 0) is 25.9 Å². The molecule has 6 nitrogen and oxygen atoms in total. The fraction of sp³-hybridized carbons (Fsp3) is 0.471. The van der Waals surface area contributed by atoms with Gasteiger partial charge in [0, 0.05) is 38.0 Å². The summed E-state index contributed by atoms with van der Waals surface area (Å²) >= 11 is 0. The summed E-state index contributed by atoms with van der Waals surface area (Å²) in [5.74, 6) is 1.52. The largest absolute Gasteiger partial charge is 0.352 e. The number of aliphatic imine (C=N–C) groups is 1. The third-order valence-corrected chi connectivity index (χ3v) is 4.24. The molecule has 0 aliphatic carbocycles. The van der Waals surface area contributed by atoms with Gasteiger partial charge in [-0.05, 0) is 24.6 Å². The number of benzene rings is 1. The standard InChI is InChI=1S/C17H22F2N6/c1-3-15-23-16-7-5-13(10-25(16)24-15)22-17(20-2)21-9-11-8-12(18)4-6-14(11)19/h4,6,8,13H,3,5,7,9-10H2,1-2H3,(H2,20,21,22). The molecule has 1 atom stereocenters. The number of fused-ring (bicyclic) bond motifs is 1. The highest BCUT2D eigenvalue weighted by Gasteiger charge is 2.22. The summed E-state index contributed by atoms with van der Waals surface area (Å²) in [4.78, 5) is 8.66. The fourth-order valence-corrected chi connectivity index (χ4v) is 2.87. The van der Waals surface area contributed by atoms with Crippen LogP contribution in [-0.4, -0.2) is 33.8 Å². The number of aromatic nitrogens is 3. The van der Waals surface area contributed by atoms with E-state index in [4.69, 9.17) is 0 Å². The normalized spacial score (nSPS) is 17.3. The minimum Gasteiger partial charge on any atom is -0.352 e. The van der Waals surface area contributed by atoms with E-state index in [1.807, 2.05) is 11.6 Å². The van der Waals surface area contributed by atoms with E-state index in [-0.39, 0.29) is 18.2 Å². The maximum atomic E-state index is 13.7. The van der Waals surface area contributed by atoms with Gasteiger partial charge in [-0.25, -0.2) is 18.4 Å². The van der Waals surface area contributed by atoms with Crippen LogP contribution < -0.4 is 10.6 Å². The van der Waals surface area contributed by atoms with E-state index >= 15 is 0 Å². The molecule has 0 radical (unpaired) electrons. The van der Waals surface area contributed by atoms with Crippen LogP contribution in [0.15, 0.2) is 23.2 Å². The minimum absolute atomic E-state index is 0.155. The van der Waals surface area contributed by atoms with Gasteiger partial charge in [0.1, 0.15) is 17.5 Å². The number of hydrogen-bond acceptors (Lipinski definition) is 3. The molecule has 0 amide bonds. The van der Waals surface area contributed by atoms with Crippen LogP contribution in [0.4, 0.5) is 8.78 Å². The zero-order valence-electron chi connectivity index (χ0n) is 14.4. The molecule has 8 heteroatoms. The van der Waals surface area contributed by atoms with Crippen molar-refractivity contribution >= 4 is 5.96 Å². The molecule has 134 valence electrons. The van der Waals surface area contributed by atoms with Crippen molar-refractivity contribution in [2.45, 2.75) is 45.3 Å². The zero-order valence-corrected chi connectivity index (χ0v) is 14.4. The molecule has 0 spiro atoms. The fourth-order valence-electron chi connectivity index (χ4n) is 2.87. The molecule has 2 heterocycles. The van der Waals surface area contributed by atoms with Gasteiger partial charge < -0.3 is 10.6 Å². The van der Waals surface area contributed by atoms with Gasteiger partial charge in [0.2, 0.25) is 0 Å². The first-order chi connectivity index (χ1) is 12.1. The van der Waals surface area contributed by atoms with Gasteiger partial charge in [0.15, 0.2) is 11.8 Å². The Hall–Kier alpha value is -2.51. The lowest BCUT2D eigenvalue weighted by atomic mass is 10.1. The number of guanidine groups is 1. The number of halogens is 2. The molecule has 1 aliphatic rings. The third-order valence-electron chi connectivity index (χ3n) is 4.24. The molecule has 0 saturated heterocycles.